The van der Waals surface area contributed by atoms with Crippen molar-refractivity contribution in [3.8, 4) is 0 Å². The van der Waals surface area contributed by atoms with Gasteiger partial charge in [0.25, 0.3) is 0 Å². The molecule has 1 aliphatic heterocycles. The van der Waals surface area contributed by atoms with Crippen LogP contribution in [-0.4, -0.2) is 29.6 Å². The minimum Gasteiger partial charge on any atom is -0.311 e. The third-order valence-electron chi connectivity index (χ3n) is 5.85. The van der Waals surface area contributed by atoms with Crippen LogP contribution in [0, 0.1) is 13.8 Å². The second-order valence-electron chi connectivity index (χ2n) is 7.17. The van der Waals surface area contributed by atoms with E-state index in [1.165, 1.54) is 56.3 Å². The van der Waals surface area contributed by atoms with Gasteiger partial charge in [0.15, 0.2) is 0 Å². The van der Waals surface area contributed by atoms with E-state index in [2.05, 4.69) is 49.2 Å². The maximum absolute atomic E-state index is 3.80. The van der Waals surface area contributed by atoms with E-state index < -0.39 is 0 Å². The second-order valence-corrected chi connectivity index (χ2v) is 7.17. The van der Waals surface area contributed by atoms with E-state index in [4.69, 9.17) is 0 Å². The number of nitrogens with one attached hydrogen (secondary N) is 1. The normalized spacial score (nSPS) is 25.6. The summed E-state index contributed by atoms with van der Waals surface area (Å²) in [4.78, 5) is 2.82. The fourth-order valence-electron chi connectivity index (χ4n) is 4.29. The SMILES string of the molecule is CCC1CN(Cc2c(C)cccc2C)C2(CCCC2)CN1. The Morgan fingerprint density at radius 2 is 1.86 bits per heavy atom. The quantitative estimate of drug-likeness (QED) is 0.909. The summed E-state index contributed by atoms with van der Waals surface area (Å²) in [5.41, 5.74) is 4.89. The van der Waals surface area contributed by atoms with E-state index >= 15 is 0 Å². The first-order valence-corrected chi connectivity index (χ1v) is 8.68. The zero-order valence-corrected chi connectivity index (χ0v) is 13.9. The minimum absolute atomic E-state index is 0.431. The summed E-state index contributed by atoms with van der Waals surface area (Å²) in [5.74, 6) is 0. The van der Waals surface area contributed by atoms with Gasteiger partial charge in [-0.25, -0.2) is 0 Å². The molecule has 0 aromatic heterocycles. The molecule has 1 aromatic rings. The average Bonchev–Trinajstić information content (AvgIpc) is 2.94. The van der Waals surface area contributed by atoms with Crippen LogP contribution in [0.15, 0.2) is 18.2 Å². The van der Waals surface area contributed by atoms with Gasteiger partial charge in [-0.3, -0.25) is 4.90 Å². The number of aryl methyl sites for hydroxylation is 2. The molecule has 1 saturated carbocycles. The third kappa shape index (κ3) is 2.89. The number of piperazine rings is 1. The lowest BCUT2D eigenvalue weighted by atomic mass is 9.89. The Labute approximate surface area is 129 Å². The highest BCUT2D eigenvalue weighted by atomic mass is 15.3. The largest absolute Gasteiger partial charge is 0.311 e. The molecule has 3 rings (SSSR count). The molecule has 1 aromatic carbocycles. The predicted molar refractivity (Wildman–Crippen MR) is 89.6 cm³/mol. The molecule has 1 atom stereocenters. The van der Waals surface area contributed by atoms with Gasteiger partial charge in [-0.1, -0.05) is 38.0 Å². The number of nitrogens with zero attached hydrogens (tertiary/aromatic N) is 1. The van der Waals surface area contributed by atoms with Crippen LogP contribution in [-0.2, 0) is 6.54 Å². The summed E-state index contributed by atoms with van der Waals surface area (Å²) in [6.07, 6.45) is 6.80. The average molecular weight is 286 g/mol. The molecule has 1 heterocycles. The second kappa shape index (κ2) is 6.10. The van der Waals surface area contributed by atoms with Crippen molar-refractivity contribution < 1.29 is 0 Å². The first kappa shape index (κ1) is 15.1. The Bertz CT molecular complexity index is 468. The lowest BCUT2D eigenvalue weighted by Gasteiger charge is -2.48. The Morgan fingerprint density at radius 3 is 2.48 bits per heavy atom. The standard InChI is InChI=1S/C19H30N2/c1-4-17-12-21(19(14-20-17)10-5-6-11-19)13-18-15(2)8-7-9-16(18)3/h7-9,17,20H,4-6,10-14H2,1-3H3. The van der Waals surface area contributed by atoms with Crippen molar-refractivity contribution in [2.24, 2.45) is 0 Å². The minimum atomic E-state index is 0.431. The molecular formula is C19H30N2. The molecule has 1 saturated heterocycles. The highest BCUT2D eigenvalue weighted by Gasteiger charge is 2.43. The highest BCUT2D eigenvalue weighted by molar-refractivity contribution is 5.33. The monoisotopic (exact) mass is 286 g/mol. The summed E-state index contributed by atoms with van der Waals surface area (Å²) >= 11 is 0. The highest BCUT2D eigenvalue weighted by Crippen LogP contribution is 2.38. The third-order valence-corrected chi connectivity index (χ3v) is 5.85. The molecule has 116 valence electrons. The summed E-state index contributed by atoms with van der Waals surface area (Å²) in [5, 5.41) is 3.80. The van der Waals surface area contributed by atoms with Crippen molar-refractivity contribution in [2.45, 2.75) is 71.0 Å². The van der Waals surface area contributed by atoms with Gasteiger partial charge in [-0.2, -0.15) is 0 Å². The number of hydrogen-bond donors (Lipinski definition) is 1. The first-order chi connectivity index (χ1) is 10.1. The number of benzene rings is 1. The molecule has 0 bridgehead atoms. The van der Waals surface area contributed by atoms with Crippen LogP contribution in [0.4, 0.5) is 0 Å². The Kier molecular flexibility index (Phi) is 4.37. The molecule has 0 amide bonds. The fourth-order valence-corrected chi connectivity index (χ4v) is 4.29. The maximum atomic E-state index is 3.80. The molecule has 1 aliphatic carbocycles. The Morgan fingerprint density at radius 1 is 1.19 bits per heavy atom. The molecule has 1 unspecified atom stereocenters. The van der Waals surface area contributed by atoms with E-state index in [-0.39, 0.29) is 0 Å². The zero-order valence-electron chi connectivity index (χ0n) is 13.9. The predicted octanol–water partition coefficient (Wildman–Crippen LogP) is 3.80. The van der Waals surface area contributed by atoms with Crippen LogP contribution in [0.2, 0.25) is 0 Å². The van der Waals surface area contributed by atoms with Crippen molar-refractivity contribution in [2.75, 3.05) is 13.1 Å². The van der Waals surface area contributed by atoms with E-state index in [0.29, 0.717) is 11.6 Å². The lowest BCUT2D eigenvalue weighted by Crippen LogP contribution is -2.63. The Balaban J connectivity index is 1.85. The van der Waals surface area contributed by atoms with Gasteiger partial charge in [0.1, 0.15) is 0 Å². The first-order valence-electron chi connectivity index (χ1n) is 8.68. The molecular weight excluding hydrogens is 256 g/mol. The fraction of sp³-hybridized carbons (Fsp3) is 0.684. The summed E-state index contributed by atoms with van der Waals surface area (Å²) in [6, 6.07) is 7.39. The van der Waals surface area contributed by atoms with Crippen molar-refractivity contribution in [1.82, 2.24) is 10.2 Å². The van der Waals surface area contributed by atoms with Crippen molar-refractivity contribution in [3.63, 3.8) is 0 Å². The van der Waals surface area contributed by atoms with Crippen LogP contribution in [0.25, 0.3) is 0 Å². The zero-order chi connectivity index (χ0) is 14.9. The molecule has 2 aliphatic rings. The molecule has 1 spiro atoms. The van der Waals surface area contributed by atoms with Crippen LogP contribution in [0.1, 0.15) is 55.7 Å². The molecule has 2 nitrogen and oxygen atoms in total. The molecule has 2 fully saturated rings. The van der Waals surface area contributed by atoms with Gasteiger partial charge < -0.3 is 5.32 Å². The summed E-state index contributed by atoms with van der Waals surface area (Å²) < 4.78 is 0. The molecule has 21 heavy (non-hydrogen) atoms. The van der Waals surface area contributed by atoms with Gasteiger partial charge in [-0.05, 0) is 49.8 Å². The van der Waals surface area contributed by atoms with Crippen LogP contribution in [0.5, 0.6) is 0 Å². The van der Waals surface area contributed by atoms with Crippen LogP contribution >= 0.6 is 0 Å². The van der Waals surface area contributed by atoms with Crippen LogP contribution in [0.3, 0.4) is 0 Å². The maximum Gasteiger partial charge on any atom is 0.0338 e. The van der Waals surface area contributed by atoms with Crippen LogP contribution < -0.4 is 5.32 Å². The summed E-state index contributed by atoms with van der Waals surface area (Å²) in [6.45, 7) is 10.4. The number of hydrogen-bond acceptors (Lipinski definition) is 2. The molecule has 1 N–H and O–H groups in total. The van der Waals surface area contributed by atoms with Gasteiger partial charge in [-0.15, -0.1) is 0 Å². The van der Waals surface area contributed by atoms with Crippen molar-refractivity contribution in [3.05, 3.63) is 34.9 Å². The van der Waals surface area contributed by atoms with Gasteiger partial charge in [0.2, 0.25) is 0 Å². The topological polar surface area (TPSA) is 15.3 Å². The molecule has 0 radical (unpaired) electrons. The van der Waals surface area contributed by atoms with Crippen molar-refractivity contribution in [1.29, 1.82) is 0 Å². The van der Waals surface area contributed by atoms with E-state index in [1.807, 2.05) is 0 Å². The molecule has 2 heteroatoms. The van der Waals surface area contributed by atoms with Gasteiger partial charge >= 0.3 is 0 Å². The smallest absolute Gasteiger partial charge is 0.0338 e. The Hall–Kier alpha value is -0.860. The van der Waals surface area contributed by atoms with E-state index in [1.54, 1.807) is 5.56 Å². The van der Waals surface area contributed by atoms with E-state index in [0.717, 1.165) is 6.54 Å². The van der Waals surface area contributed by atoms with Crippen molar-refractivity contribution >= 4 is 0 Å². The lowest BCUT2D eigenvalue weighted by molar-refractivity contribution is 0.0346. The van der Waals surface area contributed by atoms with Gasteiger partial charge in [0, 0.05) is 31.2 Å². The van der Waals surface area contributed by atoms with E-state index in [9.17, 15) is 0 Å². The summed E-state index contributed by atoms with van der Waals surface area (Å²) in [7, 11) is 0. The number of rotatable bonds is 3. The van der Waals surface area contributed by atoms with Gasteiger partial charge in [0.05, 0.1) is 0 Å².